The van der Waals surface area contributed by atoms with Crippen molar-refractivity contribution in [2.24, 2.45) is 0 Å². The summed E-state index contributed by atoms with van der Waals surface area (Å²) >= 11 is 1.30. The van der Waals surface area contributed by atoms with Crippen LogP contribution in [0.3, 0.4) is 0 Å². The molecule has 0 aliphatic heterocycles. The van der Waals surface area contributed by atoms with E-state index in [9.17, 15) is 4.79 Å². The number of nitrogens with zero attached hydrogens (tertiary/aromatic N) is 3. The zero-order chi connectivity index (χ0) is 13.8. The van der Waals surface area contributed by atoms with Crippen LogP contribution < -0.4 is 5.73 Å². The van der Waals surface area contributed by atoms with Gasteiger partial charge in [0.25, 0.3) is 5.91 Å². The molecule has 0 bridgehead atoms. The Labute approximate surface area is 118 Å². The van der Waals surface area contributed by atoms with Gasteiger partial charge in [0.2, 0.25) is 0 Å². The van der Waals surface area contributed by atoms with Gasteiger partial charge in [-0.15, -0.1) is 11.3 Å². The largest absolute Gasteiger partial charge is 0.375 e. The number of rotatable bonds is 5. The third-order valence-electron chi connectivity index (χ3n) is 3.82. The van der Waals surface area contributed by atoms with Gasteiger partial charge in [-0.05, 0) is 19.9 Å². The normalized spacial score (nSPS) is 16.2. The van der Waals surface area contributed by atoms with Crippen molar-refractivity contribution in [3.63, 3.8) is 0 Å². The minimum Gasteiger partial charge on any atom is -0.375 e. The first-order valence-electron chi connectivity index (χ1n) is 6.74. The molecular formula is C13H22N4OS. The molecule has 1 aliphatic carbocycles. The molecule has 2 N–H and O–H groups in total. The molecule has 1 saturated carbocycles. The number of amides is 1. The molecule has 0 saturated heterocycles. The van der Waals surface area contributed by atoms with Crippen LogP contribution in [0.25, 0.3) is 0 Å². The van der Waals surface area contributed by atoms with Crippen molar-refractivity contribution in [2.45, 2.75) is 31.7 Å². The number of aromatic nitrogens is 1. The lowest BCUT2D eigenvalue weighted by atomic mass is 10.2. The van der Waals surface area contributed by atoms with E-state index in [1.54, 1.807) is 10.3 Å². The highest BCUT2D eigenvalue weighted by atomic mass is 32.1. The number of likely N-dealkylation sites (N-methyl/N-ethyl adjacent to an activating group) is 2. The first-order valence-corrected chi connectivity index (χ1v) is 7.62. The van der Waals surface area contributed by atoms with E-state index in [1.807, 2.05) is 7.05 Å². The molecule has 1 aromatic rings. The Morgan fingerprint density at radius 2 is 2.11 bits per heavy atom. The summed E-state index contributed by atoms with van der Waals surface area (Å²) in [7, 11) is 3.97. The van der Waals surface area contributed by atoms with Gasteiger partial charge in [0.15, 0.2) is 5.13 Å². The second kappa shape index (κ2) is 6.34. The van der Waals surface area contributed by atoms with Crippen LogP contribution in [0.4, 0.5) is 5.13 Å². The standard InChI is InChI=1S/C13H22N4OS/c1-16(10-5-3-4-6-10)7-8-17(2)12(18)11-9-19-13(14)15-11/h9-10H,3-8H2,1-2H3,(H2,14,15). The van der Waals surface area contributed by atoms with Crippen molar-refractivity contribution in [3.05, 3.63) is 11.1 Å². The zero-order valence-corrected chi connectivity index (χ0v) is 12.4. The minimum absolute atomic E-state index is 0.0484. The van der Waals surface area contributed by atoms with Gasteiger partial charge in [-0.25, -0.2) is 4.98 Å². The first kappa shape index (κ1) is 14.3. The lowest BCUT2D eigenvalue weighted by Gasteiger charge is -2.26. The van der Waals surface area contributed by atoms with Crippen LogP contribution in [-0.2, 0) is 0 Å². The fourth-order valence-electron chi connectivity index (χ4n) is 2.52. The predicted octanol–water partition coefficient (Wildman–Crippen LogP) is 1.67. The third-order valence-corrected chi connectivity index (χ3v) is 4.50. The van der Waals surface area contributed by atoms with E-state index < -0.39 is 0 Å². The molecule has 2 rings (SSSR count). The van der Waals surface area contributed by atoms with Crippen LogP contribution >= 0.6 is 11.3 Å². The Balaban J connectivity index is 1.80. The van der Waals surface area contributed by atoms with Crippen molar-refractivity contribution >= 4 is 22.4 Å². The molecule has 106 valence electrons. The van der Waals surface area contributed by atoms with E-state index in [0.717, 1.165) is 13.1 Å². The lowest BCUT2D eigenvalue weighted by molar-refractivity contribution is 0.0769. The van der Waals surface area contributed by atoms with E-state index in [-0.39, 0.29) is 5.91 Å². The van der Waals surface area contributed by atoms with Crippen LogP contribution in [0, 0.1) is 0 Å². The number of anilines is 1. The Morgan fingerprint density at radius 1 is 1.42 bits per heavy atom. The maximum Gasteiger partial charge on any atom is 0.273 e. The van der Waals surface area contributed by atoms with Gasteiger partial charge in [0.05, 0.1) is 0 Å². The molecule has 0 unspecified atom stereocenters. The second-order valence-corrected chi connectivity index (χ2v) is 6.11. The molecule has 0 spiro atoms. The average molecular weight is 282 g/mol. The number of nitrogen functional groups attached to an aromatic ring is 1. The van der Waals surface area contributed by atoms with Crippen LogP contribution in [-0.4, -0.2) is 53.9 Å². The summed E-state index contributed by atoms with van der Waals surface area (Å²) < 4.78 is 0. The number of thiazole rings is 1. The summed E-state index contributed by atoms with van der Waals surface area (Å²) in [5, 5.41) is 2.16. The van der Waals surface area contributed by atoms with Crippen molar-refractivity contribution in [2.75, 3.05) is 32.9 Å². The van der Waals surface area contributed by atoms with Crippen molar-refractivity contribution in [1.82, 2.24) is 14.8 Å². The molecule has 1 amide bonds. The van der Waals surface area contributed by atoms with Crippen LogP contribution in [0.15, 0.2) is 5.38 Å². The van der Waals surface area contributed by atoms with E-state index in [1.165, 1.54) is 37.0 Å². The third kappa shape index (κ3) is 3.67. The van der Waals surface area contributed by atoms with Crippen molar-refractivity contribution in [3.8, 4) is 0 Å². The summed E-state index contributed by atoms with van der Waals surface area (Å²) in [5.74, 6) is -0.0484. The molecular weight excluding hydrogens is 260 g/mol. The Morgan fingerprint density at radius 3 is 2.68 bits per heavy atom. The molecule has 0 atom stereocenters. The lowest BCUT2D eigenvalue weighted by Crippen LogP contribution is -2.38. The molecule has 0 radical (unpaired) electrons. The molecule has 1 fully saturated rings. The number of nitrogens with two attached hydrogens (primary N) is 1. The van der Waals surface area contributed by atoms with Gasteiger partial charge in [-0.1, -0.05) is 12.8 Å². The summed E-state index contributed by atoms with van der Waals surface area (Å²) in [4.78, 5) is 20.2. The SMILES string of the molecule is CN(CCN(C)C1CCCC1)C(=O)c1csc(N)n1. The van der Waals surface area contributed by atoms with Crippen LogP contribution in [0.5, 0.6) is 0 Å². The second-order valence-electron chi connectivity index (χ2n) is 5.22. The van der Waals surface area contributed by atoms with Gasteiger partial charge in [0.1, 0.15) is 5.69 Å². The van der Waals surface area contributed by atoms with Crippen molar-refractivity contribution < 1.29 is 4.79 Å². The van der Waals surface area contributed by atoms with Gasteiger partial charge in [-0.2, -0.15) is 0 Å². The summed E-state index contributed by atoms with van der Waals surface area (Å²) in [6.07, 6.45) is 5.25. The van der Waals surface area contributed by atoms with E-state index in [4.69, 9.17) is 5.73 Å². The highest BCUT2D eigenvalue weighted by Crippen LogP contribution is 2.22. The smallest absolute Gasteiger partial charge is 0.273 e. The highest BCUT2D eigenvalue weighted by Gasteiger charge is 2.20. The highest BCUT2D eigenvalue weighted by molar-refractivity contribution is 7.13. The fourth-order valence-corrected chi connectivity index (χ4v) is 3.06. The number of hydrogen-bond acceptors (Lipinski definition) is 5. The van der Waals surface area contributed by atoms with Crippen LogP contribution in [0.2, 0.25) is 0 Å². The molecule has 6 heteroatoms. The topological polar surface area (TPSA) is 62.5 Å². The Kier molecular flexibility index (Phi) is 4.76. The Hall–Kier alpha value is -1.14. The molecule has 19 heavy (non-hydrogen) atoms. The molecule has 5 nitrogen and oxygen atoms in total. The predicted molar refractivity (Wildman–Crippen MR) is 78.4 cm³/mol. The minimum atomic E-state index is -0.0484. The van der Waals surface area contributed by atoms with Gasteiger partial charge in [-0.3, -0.25) is 4.79 Å². The average Bonchev–Trinajstić information content (AvgIpc) is 3.05. The quantitative estimate of drug-likeness (QED) is 0.892. The Bertz CT molecular complexity index is 428. The maximum atomic E-state index is 12.1. The zero-order valence-electron chi connectivity index (χ0n) is 11.6. The van der Waals surface area contributed by atoms with E-state index >= 15 is 0 Å². The van der Waals surface area contributed by atoms with Crippen molar-refractivity contribution in [1.29, 1.82) is 0 Å². The van der Waals surface area contributed by atoms with E-state index in [2.05, 4.69) is 16.9 Å². The van der Waals surface area contributed by atoms with Gasteiger partial charge >= 0.3 is 0 Å². The summed E-state index contributed by atoms with van der Waals surface area (Å²) in [6.45, 7) is 1.63. The monoisotopic (exact) mass is 282 g/mol. The van der Waals surface area contributed by atoms with Crippen LogP contribution in [0.1, 0.15) is 36.2 Å². The maximum absolute atomic E-state index is 12.1. The van der Waals surface area contributed by atoms with Gasteiger partial charge in [0, 0.05) is 31.6 Å². The fraction of sp³-hybridized carbons (Fsp3) is 0.692. The first-order chi connectivity index (χ1) is 9.08. The molecule has 0 aromatic carbocycles. The molecule has 1 heterocycles. The molecule has 1 aliphatic rings. The summed E-state index contributed by atoms with van der Waals surface area (Å²) in [6, 6.07) is 0.693. The number of carbonyl (C=O) groups excluding carboxylic acids is 1. The number of hydrogen-bond donors (Lipinski definition) is 1. The summed E-state index contributed by atoms with van der Waals surface area (Å²) in [5.41, 5.74) is 6.00. The van der Waals surface area contributed by atoms with E-state index in [0.29, 0.717) is 16.9 Å². The van der Waals surface area contributed by atoms with Gasteiger partial charge < -0.3 is 15.5 Å². The molecule has 1 aromatic heterocycles. The number of carbonyl (C=O) groups is 1.